The number of anilines is 2. The SMILES string of the molecule is Cc1cc(C)n(-c2cccc(C(CC(=O)O)CN3CC[C@@H](CCc4ccc5c(n4)NCCC5)C3)c2)n1.Cc1cc(C)n(-c2cccc(C(CCO)CN3CC[C@@H](CCc4ccc5c(n4)NCCC5)C3)c2)n1.Cl. The van der Waals surface area contributed by atoms with Crippen LogP contribution in [0.4, 0.5) is 11.6 Å². The number of pyridine rings is 2. The van der Waals surface area contributed by atoms with Crippen LogP contribution in [-0.4, -0.2) is 114 Å². The van der Waals surface area contributed by atoms with Crippen molar-refractivity contribution in [1.82, 2.24) is 39.3 Å². The summed E-state index contributed by atoms with van der Waals surface area (Å²) in [5, 5.41) is 35.6. The van der Waals surface area contributed by atoms with Crippen molar-refractivity contribution >= 4 is 30.0 Å². The molecule has 0 amide bonds. The molecule has 8 heterocycles. The molecule has 2 unspecified atom stereocenters. The highest BCUT2D eigenvalue weighted by Gasteiger charge is 2.28. The highest BCUT2D eigenvalue weighted by Crippen LogP contribution is 2.31. The second-order valence-electron chi connectivity index (χ2n) is 21.0. The van der Waals surface area contributed by atoms with Crippen LogP contribution in [0.1, 0.15) is 120 Å². The zero-order chi connectivity index (χ0) is 49.3. The van der Waals surface area contributed by atoms with Crippen LogP contribution in [-0.2, 0) is 30.5 Å². The van der Waals surface area contributed by atoms with E-state index in [2.05, 4.69) is 110 Å². The van der Waals surface area contributed by atoms with Crippen molar-refractivity contribution in [3.05, 3.63) is 141 Å². The number of aryl methyl sites for hydroxylation is 8. The number of hydrogen-bond acceptors (Lipinski definition) is 10. The lowest BCUT2D eigenvalue weighted by Gasteiger charge is -2.24. The van der Waals surface area contributed by atoms with E-state index in [0.717, 1.165) is 155 Å². The summed E-state index contributed by atoms with van der Waals surface area (Å²) in [6, 6.07) is 30.0. The summed E-state index contributed by atoms with van der Waals surface area (Å²) in [7, 11) is 0. The van der Waals surface area contributed by atoms with Crippen molar-refractivity contribution in [3.63, 3.8) is 0 Å². The van der Waals surface area contributed by atoms with Gasteiger partial charge in [0.15, 0.2) is 0 Å². The number of benzene rings is 2. The van der Waals surface area contributed by atoms with Crippen LogP contribution in [0.15, 0.2) is 84.9 Å². The Bertz CT molecular complexity index is 2740. The lowest BCUT2D eigenvalue weighted by Crippen LogP contribution is -2.28. The van der Waals surface area contributed by atoms with E-state index >= 15 is 0 Å². The summed E-state index contributed by atoms with van der Waals surface area (Å²) in [6.07, 6.45) is 12.4. The molecule has 0 aliphatic carbocycles. The average molecular weight is 998 g/mol. The molecule has 2 saturated heterocycles. The van der Waals surface area contributed by atoms with Gasteiger partial charge in [0.05, 0.1) is 29.2 Å². The predicted octanol–water partition coefficient (Wildman–Crippen LogP) is 9.84. The first-order valence-electron chi connectivity index (χ1n) is 26.5. The largest absolute Gasteiger partial charge is 0.481 e. The number of aliphatic carboxylic acids is 1. The molecule has 2 aromatic carbocycles. The third-order valence-electron chi connectivity index (χ3n) is 15.3. The van der Waals surface area contributed by atoms with Gasteiger partial charge in [-0.15, -0.1) is 12.4 Å². The first-order chi connectivity index (χ1) is 34.5. The molecule has 4 atom stereocenters. The summed E-state index contributed by atoms with van der Waals surface area (Å²) < 4.78 is 3.96. The van der Waals surface area contributed by atoms with Gasteiger partial charge in [-0.1, -0.05) is 36.4 Å². The van der Waals surface area contributed by atoms with E-state index in [1.807, 2.05) is 42.3 Å². The number of aromatic nitrogens is 6. The minimum Gasteiger partial charge on any atom is -0.481 e. The number of rotatable bonds is 18. The van der Waals surface area contributed by atoms with E-state index in [9.17, 15) is 15.0 Å². The van der Waals surface area contributed by atoms with Crippen LogP contribution < -0.4 is 10.6 Å². The van der Waals surface area contributed by atoms with Gasteiger partial charge in [0.1, 0.15) is 11.6 Å². The third kappa shape index (κ3) is 13.7. The second-order valence-corrected chi connectivity index (χ2v) is 21.0. The van der Waals surface area contributed by atoms with E-state index in [0.29, 0.717) is 11.8 Å². The van der Waals surface area contributed by atoms with Crippen molar-refractivity contribution in [1.29, 1.82) is 0 Å². The zero-order valence-corrected chi connectivity index (χ0v) is 43.8. The van der Waals surface area contributed by atoms with Gasteiger partial charge in [0.2, 0.25) is 0 Å². The second kappa shape index (κ2) is 24.9. The number of aliphatic hydroxyl groups excluding tert-OH is 1. The average Bonchev–Trinajstić information content (AvgIpc) is 4.19. The molecule has 0 spiro atoms. The van der Waals surface area contributed by atoms with Crippen LogP contribution in [0.2, 0.25) is 0 Å². The number of likely N-dealkylation sites (tertiary alicyclic amines) is 2. The Kier molecular flexibility index (Phi) is 18.2. The van der Waals surface area contributed by atoms with Crippen molar-refractivity contribution in [2.45, 2.75) is 117 Å². The number of nitrogens with one attached hydrogen (secondary N) is 2. The molecule has 384 valence electrons. The summed E-state index contributed by atoms with van der Waals surface area (Å²) >= 11 is 0. The van der Waals surface area contributed by atoms with Crippen molar-refractivity contribution in [3.8, 4) is 11.4 Å². The molecule has 4 aliphatic rings. The quantitative estimate of drug-likeness (QED) is 0.0652. The van der Waals surface area contributed by atoms with Gasteiger partial charge in [-0.3, -0.25) is 4.79 Å². The molecule has 14 heteroatoms. The molecule has 4 aliphatic heterocycles. The maximum atomic E-state index is 11.7. The van der Waals surface area contributed by atoms with Gasteiger partial charge in [0.25, 0.3) is 0 Å². The topological polar surface area (TPSA) is 149 Å². The van der Waals surface area contributed by atoms with Crippen LogP contribution >= 0.6 is 12.4 Å². The van der Waals surface area contributed by atoms with Gasteiger partial charge in [-0.25, -0.2) is 19.3 Å². The number of halogens is 1. The van der Waals surface area contributed by atoms with Crippen LogP contribution in [0.3, 0.4) is 0 Å². The molecule has 0 saturated carbocycles. The number of carboxylic acids is 1. The van der Waals surface area contributed by atoms with Gasteiger partial charge in [0, 0.05) is 74.6 Å². The molecular weight excluding hydrogens is 920 g/mol. The van der Waals surface area contributed by atoms with Crippen LogP contribution in [0, 0.1) is 39.5 Å². The van der Waals surface area contributed by atoms with E-state index in [1.165, 1.54) is 53.8 Å². The summed E-state index contributed by atoms with van der Waals surface area (Å²) in [5.74, 6) is 3.05. The standard InChI is InChI=1S/C29H37N5O2.C29H39N5O.ClH/c1-20-15-21(2)34(32-20)27-7-3-5-24(16-27)25(17-28(35)36)19-33-14-12-22(18-33)8-10-26-11-9-23-6-4-13-30-29(23)31-26;1-21-17-22(2)34(32-21)28-7-3-5-25(18-28)26(13-16-35)20-33-15-12-23(19-33)8-10-27-11-9-24-6-4-14-30-29(24)31-27;/h3,5,7,9,11,15-16,22,25H,4,6,8,10,12-14,17-19H2,1-2H3,(H,30,31)(H,35,36);3,5,7,9,11,17-18,23,26,35H,4,6,8,10,12-16,19-20H2,1-2H3,(H,30,31);1H/t22-,25?;23-,26?;/m11./s1. The van der Waals surface area contributed by atoms with E-state index in [-0.39, 0.29) is 31.4 Å². The molecule has 0 bridgehead atoms. The summed E-state index contributed by atoms with van der Waals surface area (Å²) in [6.45, 7) is 16.5. The number of hydrogen-bond donors (Lipinski definition) is 4. The lowest BCUT2D eigenvalue weighted by atomic mass is 9.94. The first-order valence-corrected chi connectivity index (χ1v) is 26.5. The Hall–Kier alpha value is -5.60. The fourth-order valence-electron chi connectivity index (χ4n) is 11.6. The van der Waals surface area contributed by atoms with Gasteiger partial charge >= 0.3 is 5.97 Å². The predicted molar refractivity (Wildman–Crippen MR) is 291 cm³/mol. The Morgan fingerprint density at radius 1 is 0.667 bits per heavy atom. The number of fused-ring (bicyclic) bond motifs is 2. The Morgan fingerprint density at radius 2 is 1.15 bits per heavy atom. The summed E-state index contributed by atoms with van der Waals surface area (Å²) in [4.78, 5) is 26.5. The maximum absolute atomic E-state index is 11.7. The third-order valence-corrected chi connectivity index (χ3v) is 15.3. The molecule has 0 radical (unpaired) electrons. The van der Waals surface area contributed by atoms with Crippen molar-refractivity contribution < 1.29 is 15.0 Å². The van der Waals surface area contributed by atoms with E-state index in [4.69, 9.17) is 9.97 Å². The van der Waals surface area contributed by atoms with Crippen LogP contribution in [0.5, 0.6) is 0 Å². The number of nitrogens with zero attached hydrogens (tertiary/aromatic N) is 8. The van der Waals surface area contributed by atoms with Gasteiger partial charge in [-0.2, -0.15) is 10.2 Å². The minimum absolute atomic E-state index is 0. The Morgan fingerprint density at radius 3 is 1.61 bits per heavy atom. The normalized spacial score (nSPS) is 18.5. The van der Waals surface area contributed by atoms with E-state index < -0.39 is 5.97 Å². The maximum Gasteiger partial charge on any atom is 0.304 e. The van der Waals surface area contributed by atoms with E-state index in [1.54, 1.807) is 0 Å². The molecule has 72 heavy (non-hydrogen) atoms. The van der Waals surface area contributed by atoms with Crippen molar-refractivity contribution in [2.75, 3.05) is 69.6 Å². The van der Waals surface area contributed by atoms with Crippen molar-refractivity contribution in [2.24, 2.45) is 11.8 Å². The molecule has 2 fully saturated rings. The minimum atomic E-state index is -0.751. The Balaban J connectivity index is 0.000000190. The van der Waals surface area contributed by atoms with Crippen LogP contribution in [0.25, 0.3) is 11.4 Å². The number of carbonyl (C=O) groups is 1. The highest BCUT2D eigenvalue weighted by atomic mass is 35.5. The molecule has 6 aromatic rings. The summed E-state index contributed by atoms with van der Waals surface area (Å²) in [5.41, 5.74) is 13.8. The fourth-order valence-corrected chi connectivity index (χ4v) is 11.6. The number of carboxylic acid groups (broad SMARTS) is 1. The lowest BCUT2D eigenvalue weighted by molar-refractivity contribution is -0.137. The molecular formula is C58H77ClN10O3. The number of aliphatic hydroxyl groups is 1. The monoisotopic (exact) mass is 997 g/mol. The molecule has 13 nitrogen and oxygen atoms in total. The van der Waals surface area contributed by atoms with Gasteiger partial charge in [-0.05, 0) is 200 Å². The smallest absolute Gasteiger partial charge is 0.304 e. The first kappa shape index (κ1) is 52.7. The fraction of sp³-hybridized carbons (Fsp3) is 0.500. The van der Waals surface area contributed by atoms with Gasteiger partial charge < -0.3 is 30.6 Å². The molecule has 4 aromatic heterocycles. The molecule has 4 N–H and O–H groups in total. The zero-order valence-electron chi connectivity index (χ0n) is 43.0. The Labute approximate surface area is 433 Å². The molecule has 10 rings (SSSR count). The highest BCUT2D eigenvalue weighted by molar-refractivity contribution is 5.85.